The Morgan fingerprint density at radius 2 is 1.77 bits per heavy atom. The second-order valence-electron chi connectivity index (χ2n) is 7.89. The molecule has 162 valence electrons. The molecule has 1 amide bonds. The number of rotatable bonds is 11. The Kier molecular flexibility index (Phi) is 8.90. The zero-order chi connectivity index (χ0) is 22.1. The van der Waals surface area contributed by atoms with Crippen molar-refractivity contribution in [2.45, 2.75) is 59.5 Å². The lowest BCUT2D eigenvalue weighted by Gasteiger charge is -2.18. The number of aromatic nitrogens is 1. The van der Waals surface area contributed by atoms with Crippen LogP contribution in [0.25, 0.3) is 5.70 Å². The molecule has 2 aromatic rings. The standard InChI is InChI=1S/C25H35N3O2/c1-6-18(4)27-19(5)22-14-23(24(29)26-15-20(7-2)8-3)25(30)28(17-22)16-21-12-10-9-11-13-21/h9-14,17-18,20,27H,5-8,15-16H2,1-4H3,(H,26,29). The molecule has 0 aliphatic rings. The number of pyridine rings is 1. The maximum absolute atomic E-state index is 13.1. The molecule has 1 atom stereocenters. The summed E-state index contributed by atoms with van der Waals surface area (Å²) in [6.07, 6.45) is 4.71. The minimum atomic E-state index is -0.327. The summed E-state index contributed by atoms with van der Waals surface area (Å²) < 4.78 is 1.60. The number of benzene rings is 1. The lowest BCUT2D eigenvalue weighted by molar-refractivity contribution is 0.0944. The van der Waals surface area contributed by atoms with E-state index in [9.17, 15) is 9.59 Å². The van der Waals surface area contributed by atoms with Crippen LogP contribution in [0.4, 0.5) is 0 Å². The SMILES string of the molecule is C=C(NC(C)CC)c1cc(C(=O)NCC(CC)CC)c(=O)n(Cc2ccccc2)c1. The van der Waals surface area contributed by atoms with Gasteiger partial charge in [0.2, 0.25) is 0 Å². The molecule has 1 aromatic heterocycles. The lowest BCUT2D eigenvalue weighted by atomic mass is 10.0. The van der Waals surface area contributed by atoms with E-state index >= 15 is 0 Å². The van der Waals surface area contributed by atoms with E-state index in [2.05, 4.69) is 44.9 Å². The molecule has 0 aliphatic carbocycles. The number of carbonyl (C=O) groups is 1. The zero-order valence-corrected chi connectivity index (χ0v) is 18.7. The van der Waals surface area contributed by atoms with Crippen molar-refractivity contribution in [3.05, 3.63) is 76.2 Å². The molecular weight excluding hydrogens is 374 g/mol. The highest BCUT2D eigenvalue weighted by atomic mass is 16.2. The van der Waals surface area contributed by atoms with Gasteiger partial charge in [0.25, 0.3) is 11.5 Å². The Morgan fingerprint density at radius 1 is 1.10 bits per heavy atom. The van der Waals surface area contributed by atoms with Crippen LogP contribution < -0.4 is 16.2 Å². The summed E-state index contributed by atoms with van der Waals surface area (Å²) >= 11 is 0. The third kappa shape index (κ3) is 6.34. The molecule has 0 radical (unpaired) electrons. The van der Waals surface area contributed by atoms with Crippen LogP contribution in [0, 0.1) is 5.92 Å². The Hall–Kier alpha value is -2.82. The van der Waals surface area contributed by atoms with Gasteiger partial charge in [-0.1, -0.05) is 70.5 Å². The molecule has 0 saturated heterocycles. The van der Waals surface area contributed by atoms with Crippen LogP contribution in [0.2, 0.25) is 0 Å². The van der Waals surface area contributed by atoms with Crippen LogP contribution in [0.1, 0.15) is 68.4 Å². The first-order chi connectivity index (χ1) is 14.4. The summed E-state index contributed by atoms with van der Waals surface area (Å²) in [4.78, 5) is 26.0. The van der Waals surface area contributed by atoms with E-state index in [4.69, 9.17) is 0 Å². The predicted molar refractivity (Wildman–Crippen MR) is 125 cm³/mol. The van der Waals surface area contributed by atoms with Crippen molar-refractivity contribution >= 4 is 11.6 Å². The van der Waals surface area contributed by atoms with Crippen molar-refractivity contribution in [3.8, 4) is 0 Å². The first-order valence-corrected chi connectivity index (χ1v) is 10.9. The predicted octanol–water partition coefficient (Wildman–Crippen LogP) is 4.42. The normalized spacial score (nSPS) is 11.9. The zero-order valence-electron chi connectivity index (χ0n) is 18.7. The third-order valence-corrected chi connectivity index (χ3v) is 5.61. The van der Waals surface area contributed by atoms with Crippen molar-refractivity contribution in [2.24, 2.45) is 5.92 Å². The fourth-order valence-corrected chi connectivity index (χ4v) is 3.25. The van der Waals surface area contributed by atoms with Gasteiger partial charge in [-0.05, 0) is 30.9 Å². The quantitative estimate of drug-likeness (QED) is 0.577. The highest BCUT2D eigenvalue weighted by Gasteiger charge is 2.17. The van der Waals surface area contributed by atoms with Crippen LogP contribution in [-0.4, -0.2) is 23.1 Å². The molecule has 1 aromatic carbocycles. The fraction of sp³-hybridized carbons (Fsp3) is 0.440. The first-order valence-electron chi connectivity index (χ1n) is 10.9. The van der Waals surface area contributed by atoms with Crippen LogP contribution >= 0.6 is 0 Å². The smallest absolute Gasteiger partial charge is 0.263 e. The van der Waals surface area contributed by atoms with Crippen molar-refractivity contribution < 1.29 is 4.79 Å². The first kappa shape index (κ1) is 23.5. The summed E-state index contributed by atoms with van der Waals surface area (Å²) in [6, 6.07) is 11.7. The van der Waals surface area contributed by atoms with Crippen molar-refractivity contribution in [1.29, 1.82) is 0 Å². The molecule has 2 rings (SSSR count). The van der Waals surface area contributed by atoms with Gasteiger partial charge in [-0.3, -0.25) is 9.59 Å². The Labute approximate surface area is 180 Å². The van der Waals surface area contributed by atoms with Crippen LogP contribution in [0.5, 0.6) is 0 Å². The monoisotopic (exact) mass is 409 g/mol. The molecule has 0 fully saturated rings. The van der Waals surface area contributed by atoms with Gasteiger partial charge in [-0.2, -0.15) is 0 Å². The summed E-state index contributed by atoms with van der Waals surface area (Å²) in [5.41, 5.74) is 2.32. The molecule has 0 aliphatic heterocycles. The van der Waals surface area contributed by atoms with Crippen molar-refractivity contribution in [1.82, 2.24) is 15.2 Å². The van der Waals surface area contributed by atoms with Crippen LogP contribution in [-0.2, 0) is 6.54 Å². The highest BCUT2D eigenvalue weighted by molar-refractivity contribution is 5.94. The minimum Gasteiger partial charge on any atom is -0.383 e. The summed E-state index contributed by atoms with van der Waals surface area (Å²) in [7, 11) is 0. The number of hydrogen-bond donors (Lipinski definition) is 2. The van der Waals surface area contributed by atoms with E-state index in [1.165, 1.54) is 0 Å². The topological polar surface area (TPSA) is 63.1 Å². The molecule has 2 N–H and O–H groups in total. The van der Waals surface area contributed by atoms with E-state index in [0.29, 0.717) is 24.7 Å². The van der Waals surface area contributed by atoms with Gasteiger partial charge in [0, 0.05) is 30.0 Å². The molecular formula is C25H35N3O2. The van der Waals surface area contributed by atoms with Gasteiger partial charge >= 0.3 is 0 Å². The number of carbonyl (C=O) groups excluding carboxylic acids is 1. The molecule has 0 bridgehead atoms. The number of amides is 1. The minimum absolute atomic E-state index is 0.154. The van der Waals surface area contributed by atoms with Crippen molar-refractivity contribution in [3.63, 3.8) is 0 Å². The number of nitrogens with zero attached hydrogens (tertiary/aromatic N) is 1. The summed E-state index contributed by atoms with van der Waals surface area (Å²) in [5, 5.41) is 6.30. The van der Waals surface area contributed by atoms with Gasteiger partial charge in [-0.15, -0.1) is 0 Å². The maximum atomic E-state index is 13.1. The Balaban J connectivity index is 2.39. The van der Waals surface area contributed by atoms with Crippen LogP contribution in [0.15, 0.2) is 54.0 Å². The van der Waals surface area contributed by atoms with E-state index in [-0.39, 0.29) is 23.1 Å². The Bertz CT molecular complexity index is 898. The maximum Gasteiger partial charge on any atom is 0.263 e. The van der Waals surface area contributed by atoms with E-state index in [1.54, 1.807) is 16.8 Å². The van der Waals surface area contributed by atoms with E-state index in [0.717, 1.165) is 30.4 Å². The molecule has 5 nitrogen and oxygen atoms in total. The third-order valence-electron chi connectivity index (χ3n) is 5.61. The van der Waals surface area contributed by atoms with Gasteiger partial charge in [0.05, 0.1) is 6.54 Å². The van der Waals surface area contributed by atoms with Gasteiger partial charge in [0.15, 0.2) is 0 Å². The van der Waals surface area contributed by atoms with Gasteiger partial charge in [-0.25, -0.2) is 0 Å². The molecule has 5 heteroatoms. The number of hydrogen-bond acceptors (Lipinski definition) is 3. The largest absolute Gasteiger partial charge is 0.383 e. The van der Waals surface area contributed by atoms with E-state index < -0.39 is 0 Å². The van der Waals surface area contributed by atoms with Crippen LogP contribution in [0.3, 0.4) is 0 Å². The highest BCUT2D eigenvalue weighted by Crippen LogP contribution is 2.13. The second kappa shape index (κ2) is 11.4. The van der Waals surface area contributed by atoms with Gasteiger partial charge in [0.1, 0.15) is 5.56 Å². The summed E-state index contributed by atoms with van der Waals surface area (Å²) in [6.45, 7) is 13.5. The molecule has 0 saturated carbocycles. The summed E-state index contributed by atoms with van der Waals surface area (Å²) in [5.74, 6) is 0.0811. The average molecular weight is 410 g/mol. The van der Waals surface area contributed by atoms with E-state index in [1.807, 2.05) is 30.3 Å². The lowest BCUT2D eigenvalue weighted by Crippen LogP contribution is -2.36. The van der Waals surface area contributed by atoms with Crippen molar-refractivity contribution in [2.75, 3.05) is 6.54 Å². The second-order valence-corrected chi connectivity index (χ2v) is 7.89. The fourth-order valence-electron chi connectivity index (χ4n) is 3.25. The molecule has 0 spiro atoms. The molecule has 1 unspecified atom stereocenters. The number of nitrogens with one attached hydrogen (secondary N) is 2. The Morgan fingerprint density at radius 3 is 2.37 bits per heavy atom. The molecule has 30 heavy (non-hydrogen) atoms. The molecule has 1 heterocycles. The average Bonchev–Trinajstić information content (AvgIpc) is 2.76. The van der Waals surface area contributed by atoms with Gasteiger partial charge < -0.3 is 15.2 Å².